The molecule has 1 aromatic heterocycles. The summed E-state index contributed by atoms with van der Waals surface area (Å²) in [6.07, 6.45) is -4.61. The van der Waals surface area contributed by atoms with Crippen LogP contribution in [0.1, 0.15) is 37.7 Å². The molecule has 0 radical (unpaired) electrons. The van der Waals surface area contributed by atoms with Gasteiger partial charge in [-0.15, -0.1) is 0 Å². The Labute approximate surface area is 220 Å². The van der Waals surface area contributed by atoms with E-state index in [9.17, 15) is 27.9 Å². The van der Waals surface area contributed by atoms with Gasteiger partial charge in [0.25, 0.3) is 5.91 Å². The number of aromatic nitrogens is 1. The Balaban J connectivity index is 1.62. The van der Waals surface area contributed by atoms with Gasteiger partial charge < -0.3 is 19.3 Å². The van der Waals surface area contributed by atoms with Crippen molar-refractivity contribution in [1.82, 2.24) is 4.57 Å². The molecule has 0 bridgehead atoms. The molecular formula is C28H20ClF3N2O4. The van der Waals surface area contributed by atoms with Crippen LogP contribution in [0.4, 0.5) is 18.9 Å². The van der Waals surface area contributed by atoms with Crippen LogP contribution in [0.25, 0.3) is 11.1 Å². The lowest BCUT2D eigenvalue weighted by atomic mass is 9.97. The van der Waals surface area contributed by atoms with Crippen molar-refractivity contribution in [2.75, 3.05) is 12.0 Å². The summed E-state index contributed by atoms with van der Waals surface area (Å²) in [5.74, 6) is -1.54. The van der Waals surface area contributed by atoms with Crippen LogP contribution in [0, 0.1) is 0 Å². The first-order chi connectivity index (χ1) is 18.1. The van der Waals surface area contributed by atoms with Gasteiger partial charge in [0.05, 0.1) is 31.3 Å². The fourth-order valence-electron chi connectivity index (χ4n) is 4.73. The van der Waals surface area contributed by atoms with Crippen molar-refractivity contribution >= 4 is 29.2 Å². The van der Waals surface area contributed by atoms with E-state index in [1.165, 1.54) is 48.4 Å². The Hall–Kier alpha value is -4.24. The Bertz CT molecular complexity index is 1580. The molecule has 6 nitrogen and oxygen atoms in total. The second kappa shape index (κ2) is 9.57. The normalized spacial score (nSPS) is 12.9. The van der Waals surface area contributed by atoms with Gasteiger partial charge in [0.15, 0.2) is 0 Å². The summed E-state index contributed by atoms with van der Waals surface area (Å²) in [4.78, 5) is 27.2. The van der Waals surface area contributed by atoms with Crippen LogP contribution in [0.15, 0.2) is 72.8 Å². The van der Waals surface area contributed by atoms with Crippen molar-refractivity contribution in [2.45, 2.75) is 19.3 Å². The quantitative estimate of drug-likeness (QED) is 0.311. The zero-order valence-electron chi connectivity index (χ0n) is 19.9. The number of fused-ring (bicyclic) bond motifs is 2. The van der Waals surface area contributed by atoms with Gasteiger partial charge in [-0.25, -0.2) is 4.79 Å². The predicted octanol–water partition coefficient (Wildman–Crippen LogP) is 6.74. The Kier molecular flexibility index (Phi) is 6.40. The maximum atomic E-state index is 14.0. The number of benzene rings is 3. The van der Waals surface area contributed by atoms with E-state index in [4.69, 9.17) is 16.3 Å². The number of halogens is 4. The number of para-hydroxylation sites is 1. The number of nitrogens with zero attached hydrogens (tertiary/aromatic N) is 2. The average molecular weight is 541 g/mol. The molecule has 10 heteroatoms. The van der Waals surface area contributed by atoms with Crippen LogP contribution >= 0.6 is 11.6 Å². The molecule has 2 heterocycles. The molecule has 5 rings (SSSR count). The van der Waals surface area contributed by atoms with E-state index in [1.54, 1.807) is 34.9 Å². The molecule has 0 saturated carbocycles. The average Bonchev–Trinajstić information content (AvgIpc) is 3.21. The molecule has 38 heavy (non-hydrogen) atoms. The van der Waals surface area contributed by atoms with Crippen molar-refractivity contribution in [3.8, 4) is 16.9 Å². The van der Waals surface area contributed by atoms with Crippen molar-refractivity contribution in [2.24, 2.45) is 0 Å². The molecule has 1 aliphatic heterocycles. The number of alkyl halides is 3. The van der Waals surface area contributed by atoms with Gasteiger partial charge in [-0.1, -0.05) is 48.0 Å². The summed E-state index contributed by atoms with van der Waals surface area (Å²) in [5, 5.41) is 9.56. The minimum atomic E-state index is -4.61. The van der Waals surface area contributed by atoms with Crippen molar-refractivity contribution in [1.29, 1.82) is 0 Å². The number of carbonyl (C=O) groups is 2. The van der Waals surface area contributed by atoms with Crippen LogP contribution in [0.2, 0.25) is 5.02 Å². The van der Waals surface area contributed by atoms with Gasteiger partial charge >= 0.3 is 12.1 Å². The van der Waals surface area contributed by atoms with Gasteiger partial charge in [0.1, 0.15) is 11.4 Å². The van der Waals surface area contributed by atoms with Crippen LogP contribution in [-0.2, 0) is 19.3 Å². The standard InChI is InChI=1S/C28H20ClF3N2O4/c1-38-25-13-19(18-7-3-4-8-21(18)28(30,31)32)22(29)12-20(25)26(35)34-15-17-10-11-24(27(36)37)33(17)14-16-6-2-5-9-23(16)34/h2-13H,14-15H2,1H3,(H,36,37). The van der Waals surface area contributed by atoms with E-state index in [0.29, 0.717) is 11.4 Å². The second-order valence-electron chi connectivity index (χ2n) is 8.70. The molecule has 1 amide bonds. The highest BCUT2D eigenvalue weighted by molar-refractivity contribution is 6.34. The molecule has 1 N–H and O–H groups in total. The minimum absolute atomic E-state index is 0.0505. The molecule has 1 aliphatic rings. The molecule has 0 atom stereocenters. The smallest absolute Gasteiger partial charge is 0.417 e. The van der Waals surface area contributed by atoms with E-state index < -0.39 is 23.6 Å². The van der Waals surface area contributed by atoms with E-state index in [2.05, 4.69) is 0 Å². The highest BCUT2D eigenvalue weighted by Crippen LogP contribution is 2.42. The summed E-state index contributed by atoms with van der Waals surface area (Å²) in [5.41, 5.74) is 1.12. The number of hydrogen-bond acceptors (Lipinski definition) is 3. The van der Waals surface area contributed by atoms with E-state index in [0.717, 1.165) is 11.6 Å². The van der Waals surface area contributed by atoms with Gasteiger partial charge in [-0.05, 0) is 47.5 Å². The van der Waals surface area contributed by atoms with E-state index in [-0.39, 0.29) is 46.2 Å². The number of carboxylic acids is 1. The first kappa shape index (κ1) is 25.4. The second-order valence-corrected chi connectivity index (χ2v) is 9.10. The maximum absolute atomic E-state index is 14.0. The van der Waals surface area contributed by atoms with Gasteiger partial charge in [0, 0.05) is 22.0 Å². The third kappa shape index (κ3) is 4.39. The Morgan fingerprint density at radius 1 is 0.947 bits per heavy atom. The summed E-state index contributed by atoms with van der Waals surface area (Å²) in [6, 6.07) is 17.9. The molecule has 194 valence electrons. The molecule has 0 unspecified atom stereocenters. The topological polar surface area (TPSA) is 71.8 Å². The summed E-state index contributed by atoms with van der Waals surface area (Å²) in [7, 11) is 1.32. The highest BCUT2D eigenvalue weighted by Gasteiger charge is 2.35. The number of hydrogen-bond donors (Lipinski definition) is 1. The summed E-state index contributed by atoms with van der Waals surface area (Å²) < 4.78 is 48.1. The summed E-state index contributed by atoms with van der Waals surface area (Å²) in [6.45, 7) is 0.303. The fourth-order valence-corrected chi connectivity index (χ4v) is 5.00. The number of anilines is 1. The molecular weight excluding hydrogens is 521 g/mol. The molecule has 0 saturated heterocycles. The number of aromatic carboxylic acids is 1. The van der Waals surface area contributed by atoms with Crippen LogP contribution in [0.3, 0.4) is 0 Å². The lowest BCUT2D eigenvalue weighted by molar-refractivity contribution is -0.137. The Morgan fingerprint density at radius 2 is 1.66 bits per heavy atom. The van der Waals surface area contributed by atoms with Crippen molar-refractivity contribution < 1.29 is 32.6 Å². The summed E-state index contributed by atoms with van der Waals surface area (Å²) >= 11 is 6.49. The zero-order chi connectivity index (χ0) is 27.2. The highest BCUT2D eigenvalue weighted by atomic mass is 35.5. The first-order valence-electron chi connectivity index (χ1n) is 11.5. The lowest BCUT2D eigenvalue weighted by Gasteiger charge is -2.24. The number of carbonyl (C=O) groups excluding carboxylic acids is 1. The predicted molar refractivity (Wildman–Crippen MR) is 136 cm³/mol. The van der Waals surface area contributed by atoms with E-state index in [1.807, 2.05) is 0 Å². The molecule has 0 aliphatic carbocycles. The van der Waals surface area contributed by atoms with Crippen molar-refractivity contribution in [3.05, 3.63) is 106 Å². The maximum Gasteiger partial charge on any atom is 0.417 e. The molecule has 4 aromatic rings. The molecule has 0 fully saturated rings. The number of methoxy groups -OCH3 is 1. The largest absolute Gasteiger partial charge is 0.496 e. The van der Waals surface area contributed by atoms with Crippen LogP contribution in [-0.4, -0.2) is 28.7 Å². The Morgan fingerprint density at radius 3 is 2.37 bits per heavy atom. The van der Waals surface area contributed by atoms with Gasteiger partial charge in [-0.3, -0.25) is 4.79 Å². The van der Waals surface area contributed by atoms with E-state index >= 15 is 0 Å². The number of rotatable bonds is 4. The third-order valence-corrected chi connectivity index (χ3v) is 6.82. The zero-order valence-corrected chi connectivity index (χ0v) is 20.7. The number of ether oxygens (including phenoxy) is 1. The SMILES string of the molecule is COc1cc(-c2ccccc2C(F)(F)F)c(Cl)cc1C(=O)N1Cc2ccc(C(=O)O)n2Cc2ccccc21. The number of carboxylic acid groups (broad SMARTS) is 1. The third-order valence-electron chi connectivity index (χ3n) is 6.51. The number of amides is 1. The van der Waals surface area contributed by atoms with Gasteiger partial charge in [0.2, 0.25) is 0 Å². The lowest BCUT2D eigenvalue weighted by Crippen LogP contribution is -2.31. The van der Waals surface area contributed by atoms with Gasteiger partial charge in [-0.2, -0.15) is 13.2 Å². The minimum Gasteiger partial charge on any atom is -0.496 e. The fraction of sp³-hybridized carbons (Fsp3) is 0.143. The van der Waals surface area contributed by atoms with Crippen LogP contribution in [0.5, 0.6) is 5.75 Å². The first-order valence-corrected chi connectivity index (χ1v) is 11.8. The molecule has 0 spiro atoms. The van der Waals surface area contributed by atoms with Crippen LogP contribution < -0.4 is 9.64 Å². The van der Waals surface area contributed by atoms with Crippen molar-refractivity contribution in [3.63, 3.8) is 0 Å². The monoisotopic (exact) mass is 540 g/mol. The molecule has 3 aromatic carbocycles.